The number of sulfonamides is 1. The number of halogens is 1. The van der Waals surface area contributed by atoms with Crippen LogP contribution in [0.25, 0.3) is 0 Å². The van der Waals surface area contributed by atoms with Gasteiger partial charge in [-0.2, -0.15) is 4.31 Å². The van der Waals surface area contributed by atoms with Gasteiger partial charge in [-0.1, -0.05) is 42.5 Å². The smallest absolute Gasteiger partial charge is 0.218 e. The summed E-state index contributed by atoms with van der Waals surface area (Å²) in [5.74, 6) is -0.515. The molecule has 23 heavy (non-hydrogen) atoms. The minimum Gasteiger partial charge on any atom is -0.326 e. The molecule has 0 aromatic heterocycles. The lowest BCUT2D eigenvalue weighted by atomic mass is 9.95. The van der Waals surface area contributed by atoms with Gasteiger partial charge in [0.15, 0.2) is 0 Å². The van der Waals surface area contributed by atoms with Crippen molar-refractivity contribution in [1.82, 2.24) is 4.31 Å². The van der Waals surface area contributed by atoms with Crippen LogP contribution in [0.1, 0.15) is 17.0 Å². The molecule has 0 amide bonds. The Morgan fingerprint density at radius 1 is 1.04 bits per heavy atom. The Labute approximate surface area is 135 Å². The highest BCUT2D eigenvalue weighted by Crippen LogP contribution is 2.29. The molecule has 1 saturated heterocycles. The molecule has 1 fully saturated rings. The first-order valence-corrected chi connectivity index (χ1v) is 9.09. The van der Waals surface area contributed by atoms with Crippen molar-refractivity contribution in [2.75, 3.05) is 13.1 Å². The second-order valence-electron chi connectivity index (χ2n) is 5.88. The highest BCUT2D eigenvalue weighted by Gasteiger charge is 2.37. The Bertz CT molecular complexity index is 763. The summed E-state index contributed by atoms with van der Waals surface area (Å²) in [7, 11) is -3.47. The van der Waals surface area contributed by atoms with Crippen LogP contribution in [0.15, 0.2) is 54.6 Å². The maximum atomic E-state index is 12.9. The molecule has 0 spiro atoms. The number of rotatable bonds is 4. The van der Waals surface area contributed by atoms with E-state index in [4.69, 9.17) is 5.73 Å². The fraction of sp³-hybridized carbons (Fsp3) is 0.294. The van der Waals surface area contributed by atoms with Gasteiger partial charge in [-0.15, -0.1) is 0 Å². The van der Waals surface area contributed by atoms with E-state index in [1.807, 2.05) is 30.3 Å². The normalized spacial score (nSPS) is 22.3. The molecule has 2 atom stereocenters. The van der Waals surface area contributed by atoms with Crippen LogP contribution in [0.4, 0.5) is 4.39 Å². The van der Waals surface area contributed by atoms with Gasteiger partial charge in [-0.05, 0) is 23.3 Å². The van der Waals surface area contributed by atoms with E-state index < -0.39 is 10.0 Å². The highest BCUT2D eigenvalue weighted by atomic mass is 32.2. The van der Waals surface area contributed by atoms with Crippen LogP contribution in [0.2, 0.25) is 0 Å². The quantitative estimate of drug-likeness (QED) is 0.931. The van der Waals surface area contributed by atoms with Crippen LogP contribution in [0.3, 0.4) is 0 Å². The molecule has 1 aliphatic heterocycles. The minimum absolute atomic E-state index is 0.000747. The van der Waals surface area contributed by atoms with Crippen LogP contribution >= 0.6 is 0 Å². The largest absolute Gasteiger partial charge is 0.326 e. The molecular weight excluding hydrogens is 315 g/mol. The van der Waals surface area contributed by atoms with Gasteiger partial charge in [0.25, 0.3) is 0 Å². The van der Waals surface area contributed by atoms with E-state index in [0.29, 0.717) is 18.7 Å². The van der Waals surface area contributed by atoms with Crippen LogP contribution < -0.4 is 5.73 Å². The van der Waals surface area contributed by atoms with E-state index in [1.54, 1.807) is 0 Å². The first-order valence-electron chi connectivity index (χ1n) is 7.48. The van der Waals surface area contributed by atoms with E-state index in [1.165, 1.54) is 28.6 Å². The summed E-state index contributed by atoms with van der Waals surface area (Å²) in [6, 6.07) is 15.0. The van der Waals surface area contributed by atoms with Crippen molar-refractivity contribution in [3.8, 4) is 0 Å². The number of benzene rings is 2. The van der Waals surface area contributed by atoms with Gasteiger partial charge in [-0.25, -0.2) is 12.8 Å². The number of nitrogens with zero attached hydrogens (tertiary/aromatic N) is 1. The Morgan fingerprint density at radius 2 is 1.70 bits per heavy atom. The molecule has 2 unspecified atom stereocenters. The Morgan fingerprint density at radius 3 is 2.35 bits per heavy atom. The fourth-order valence-electron chi connectivity index (χ4n) is 2.95. The summed E-state index contributed by atoms with van der Waals surface area (Å²) < 4.78 is 39.5. The van der Waals surface area contributed by atoms with Crippen LogP contribution in [-0.2, 0) is 15.8 Å². The summed E-state index contributed by atoms with van der Waals surface area (Å²) >= 11 is 0. The molecule has 0 radical (unpaired) electrons. The van der Waals surface area contributed by atoms with Crippen LogP contribution in [0.5, 0.6) is 0 Å². The standard InChI is InChI=1S/C17H19FN2O2S/c18-15-8-6-13(7-9-15)12-23(21,22)20-10-16(17(19)11-20)14-4-2-1-3-5-14/h1-9,16-17H,10-12,19H2. The molecule has 122 valence electrons. The average Bonchev–Trinajstić information content (AvgIpc) is 2.93. The SMILES string of the molecule is NC1CN(S(=O)(=O)Cc2ccc(F)cc2)CC1c1ccccc1. The number of hydrogen-bond donors (Lipinski definition) is 1. The molecule has 0 saturated carbocycles. The lowest BCUT2D eigenvalue weighted by molar-refractivity contribution is 0.469. The Kier molecular flexibility index (Phi) is 4.48. The lowest BCUT2D eigenvalue weighted by Gasteiger charge is -2.16. The average molecular weight is 334 g/mol. The van der Waals surface area contributed by atoms with E-state index >= 15 is 0 Å². The second-order valence-corrected chi connectivity index (χ2v) is 7.85. The Hall–Kier alpha value is -1.76. The van der Waals surface area contributed by atoms with Crippen molar-refractivity contribution in [3.63, 3.8) is 0 Å². The third-order valence-corrected chi connectivity index (χ3v) is 6.00. The van der Waals surface area contributed by atoms with Crippen molar-refractivity contribution >= 4 is 10.0 Å². The molecule has 0 aliphatic carbocycles. The van der Waals surface area contributed by atoms with Crippen molar-refractivity contribution < 1.29 is 12.8 Å². The molecule has 1 aliphatic rings. The molecule has 2 aromatic rings. The van der Waals surface area contributed by atoms with Gasteiger partial charge in [0.1, 0.15) is 5.82 Å². The highest BCUT2D eigenvalue weighted by molar-refractivity contribution is 7.88. The van der Waals surface area contributed by atoms with Gasteiger partial charge >= 0.3 is 0 Å². The number of hydrogen-bond acceptors (Lipinski definition) is 3. The van der Waals surface area contributed by atoms with E-state index in [-0.39, 0.29) is 23.5 Å². The molecule has 0 bridgehead atoms. The maximum absolute atomic E-state index is 12.9. The lowest BCUT2D eigenvalue weighted by Crippen LogP contribution is -2.33. The predicted octanol–water partition coefficient (Wildman–Crippen LogP) is 2.08. The topological polar surface area (TPSA) is 63.4 Å². The second kappa shape index (κ2) is 6.39. The first-order chi connectivity index (χ1) is 11.0. The van der Waals surface area contributed by atoms with Gasteiger partial charge in [-0.3, -0.25) is 0 Å². The van der Waals surface area contributed by atoms with Crippen LogP contribution in [0, 0.1) is 5.82 Å². The van der Waals surface area contributed by atoms with E-state index in [9.17, 15) is 12.8 Å². The van der Waals surface area contributed by atoms with Crippen molar-refractivity contribution in [3.05, 3.63) is 71.5 Å². The van der Waals surface area contributed by atoms with Crippen LogP contribution in [-0.4, -0.2) is 31.9 Å². The third kappa shape index (κ3) is 3.60. The summed E-state index contributed by atoms with van der Waals surface area (Å²) in [5, 5.41) is 0. The zero-order valence-electron chi connectivity index (χ0n) is 12.6. The van der Waals surface area contributed by atoms with E-state index in [2.05, 4.69) is 0 Å². The van der Waals surface area contributed by atoms with Gasteiger partial charge in [0, 0.05) is 25.0 Å². The Balaban J connectivity index is 1.75. The third-order valence-electron chi connectivity index (χ3n) is 4.22. The first kappa shape index (κ1) is 16.1. The molecule has 4 nitrogen and oxygen atoms in total. The number of nitrogens with two attached hydrogens (primary N) is 1. The fourth-order valence-corrected chi connectivity index (χ4v) is 4.54. The summed E-state index contributed by atoms with van der Waals surface area (Å²) in [4.78, 5) is 0. The molecule has 3 rings (SSSR count). The zero-order valence-corrected chi connectivity index (χ0v) is 13.4. The van der Waals surface area contributed by atoms with Crippen molar-refractivity contribution in [2.45, 2.75) is 17.7 Å². The van der Waals surface area contributed by atoms with Crippen molar-refractivity contribution in [2.24, 2.45) is 5.73 Å². The van der Waals surface area contributed by atoms with E-state index in [0.717, 1.165) is 5.56 Å². The maximum Gasteiger partial charge on any atom is 0.218 e. The monoisotopic (exact) mass is 334 g/mol. The minimum atomic E-state index is -3.47. The van der Waals surface area contributed by atoms with Crippen molar-refractivity contribution in [1.29, 1.82) is 0 Å². The predicted molar refractivity (Wildman–Crippen MR) is 87.8 cm³/mol. The molecular formula is C17H19FN2O2S. The summed E-state index contributed by atoms with van der Waals surface area (Å²) in [6.45, 7) is 0.692. The zero-order chi connectivity index (χ0) is 16.4. The summed E-state index contributed by atoms with van der Waals surface area (Å²) in [5.41, 5.74) is 7.78. The molecule has 2 aromatic carbocycles. The molecule has 6 heteroatoms. The van der Waals surface area contributed by atoms with Gasteiger partial charge in [0.05, 0.1) is 5.75 Å². The van der Waals surface area contributed by atoms with Gasteiger partial charge < -0.3 is 5.73 Å². The van der Waals surface area contributed by atoms with Gasteiger partial charge in [0.2, 0.25) is 10.0 Å². The molecule has 2 N–H and O–H groups in total. The summed E-state index contributed by atoms with van der Waals surface area (Å²) in [6.07, 6.45) is 0. The molecule has 1 heterocycles.